The van der Waals surface area contributed by atoms with Gasteiger partial charge in [0.25, 0.3) is 0 Å². The van der Waals surface area contributed by atoms with Gasteiger partial charge >= 0.3 is 5.97 Å². The molecule has 0 spiro atoms. The molecule has 0 unspecified atom stereocenters. The van der Waals surface area contributed by atoms with Crippen LogP contribution in [0, 0.1) is 0 Å². The number of aromatic carboxylic acids is 1. The second kappa shape index (κ2) is 9.96. The Bertz CT molecular complexity index is 1450. The van der Waals surface area contributed by atoms with E-state index >= 15 is 0 Å². The van der Waals surface area contributed by atoms with Crippen molar-refractivity contribution in [1.82, 2.24) is 0 Å². The third kappa shape index (κ3) is 4.38. The van der Waals surface area contributed by atoms with Crippen molar-refractivity contribution in [3.63, 3.8) is 0 Å². The molecule has 0 radical (unpaired) electrons. The number of benzene rings is 4. The molecule has 0 amide bonds. The van der Waals surface area contributed by atoms with E-state index in [1.165, 1.54) is 0 Å². The number of hydrogen-bond acceptors (Lipinski definition) is 4. The molecule has 0 fully saturated rings. The molecule has 1 heterocycles. The van der Waals surface area contributed by atoms with E-state index in [4.69, 9.17) is 16.3 Å². The molecule has 5 nitrogen and oxygen atoms in total. The van der Waals surface area contributed by atoms with Crippen LogP contribution < -0.4 is 15.0 Å². The van der Waals surface area contributed by atoms with Gasteiger partial charge in [-0.1, -0.05) is 48.0 Å². The van der Waals surface area contributed by atoms with Crippen molar-refractivity contribution in [2.24, 2.45) is 0 Å². The number of nitrogens with one attached hydrogen (secondary N) is 1. The van der Waals surface area contributed by atoms with Crippen LogP contribution in [0.4, 0.5) is 17.1 Å². The van der Waals surface area contributed by atoms with Gasteiger partial charge in [-0.25, -0.2) is 4.79 Å². The van der Waals surface area contributed by atoms with Crippen LogP contribution in [0.5, 0.6) is 11.5 Å². The first kappa shape index (κ1) is 23.8. The van der Waals surface area contributed by atoms with Crippen molar-refractivity contribution in [1.29, 1.82) is 0 Å². The third-order valence-corrected chi connectivity index (χ3v) is 6.92. The van der Waals surface area contributed by atoms with Crippen LogP contribution >= 0.6 is 11.6 Å². The minimum absolute atomic E-state index is 0.282. The lowest BCUT2D eigenvalue weighted by molar-refractivity contribution is 0.0697. The van der Waals surface area contributed by atoms with Crippen molar-refractivity contribution >= 4 is 34.6 Å². The summed E-state index contributed by atoms with van der Waals surface area (Å²) in [6.07, 6.45) is 0.634. The van der Waals surface area contributed by atoms with Gasteiger partial charge in [-0.15, -0.1) is 0 Å². The molecular weight excluding hydrogens is 472 g/mol. The Labute approximate surface area is 215 Å². The molecule has 5 rings (SSSR count). The summed E-state index contributed by atoms with van der Waals surface area (Å²) < 4.78 is 6.41. The summed E-state index contributed by atoms with van der Waals surface area (Å²) >= 11 is 6.32. The molecule has 0 atom stereocenters. The molecule has 4 aromatic rings. The smallest absolute Gasteiger partial charge is 0.336 e. The van der Waals surface area contributed by atoms with E-state index in [0.717, 1.165) is 58.3 Å². The highest BCUT2D eigenvalue weighted by Gasteiger charge is 2.27. The Kier molecular flexibility index (Phi) is 6.57. The van der Waals surface area contributed by atoms with E-state index in [0.29, 0.717) is 17.0 Å². The van der Waals surface area contributed by atoms with E-state index in [2.05, 4.69) is 30.1 Å². The van der Waals surface area contributed by atoms with E-state index in [1.807, 2.05) is 60.7 Å². The molecule has 0 aliphatic carbocycles. The molecule has 1 aliphatic rings. The van der Waals surface area contributed by atoms with Crippen LogP contribution in [0.15, 0.2) is 78.9 Å². The number of carboxylic acid groups (broad SMARTS) is 1. The number of rotatable bonds is 7. The average Bonchev–Trinajstić information content (AvgIpc) is 2.89. The van der Waals surface area contributed by atoms with Crippen LogP contribution in [0.25, 0.3) is 11.1 Å². The Balaban J connectivity index is 1.60. The number of nitrogens with zero attached hydrogens (tertiary/aromatic N) is 1. The first-order valence-electron chi connectivity index (χ1n) is 12.1. The minimum Gasteiger partial charge on any atom is -0.478 e. The number of ether oxygens (including phenoxy) is 1. The molecule has 0 aromatic heterocycles. The average molecular weight is 499 g/mol. The van der Waals surface area contributed by atoms with Gasteiger partial charge in [0.05, 0.1) is 16.3 Å². The Morgan fingerprint density at radius 3 is 2.47 bits per heavy atom. The van der Waals surface area contributed by atoms with Gasteiger partial charge in [-0.3, -0.25) is 0 Å². The van der Waals surface area contributed by atoms with Crippen LogP contribution in [0.2, 0.25) is 5.02 Å². The van der Waals surface area contributed by atoms with Gasteiger partial charge in [0, 0.05) is 48.1 Å². The summed E-state index contributed by atoms with van der Waals surface area (Å²) in [6, 6.07) is 24.9. The first-order valence-corrected chi connectivity index (χ1v) is 12.4. The summed E-state index contributed by atoms with van der Waals surface area (Å²) in [6.45, 7) is 5.84. The number of carboxylic acids is 1. The topological polar surface area (TPSA) is 61.8 Å². The van der Waals surface area contributed by atoms with E-state index in [9.17, 15) is 9.90 Å². The SMILES string of the molecule is CCN(CC)c1ccc2c(c1-c1ccccc1C(=O)O)Cc1ccc(Nc3ccccc3Cl)cc1O2. The predicted octanol–water partition coefficient (Wildman–Crippen LogP) is 7.99. The highest BCUT2D eigenvalue weighted by Crippen LogP contribution is 2.47. The fraction of sp³-hybridized carbons (Fsp3) is 0.167. The molecule has 1 aliphatic heterocycles. The van der Waals surface area contributed by atoms with Crippen molar-refractivity contribution in [2.45, 2.75) is 20.3 Å². The fourth-order valence-corrected chi connectivity index (χ4v) is 4.99. The Morgan fingerprint density at radius 2 is 1.72 bits per heavy atom. The molecule has 2 N–H and O–H groups in total. The number of fused-ring (bicyclic) bond motifs is 2. The number of para-hydroxylation sites is 1. The van der Waals surface area contributed by atoms with Crippen LogP contribution in [-0.2, 0) is 6.42 Å². The molecule has 0 bridgehead atoms. The van der Waals surface area contributed by atoms with Gasteiger partial charge in [-0.2, -0.15) is 0 Å². The lowest BCUT2D eigenvalue weighted by Gasteiger charge is -2.30. The van der Waals surface area contributed by atoms with Gasteiger partial charge in [0.2, 0.25) is 0 Å². The van der Waals surface area contributed by atoms with Gasteiger partial charge in [0.15, 0.2) is 0 Å². The van der Waals surface area contributed by atoms with Crippen molar-refractivity contribution in [2.75, 3.05) is 23.3 Å². The summed E-state index contributed by atoms with van der Waals surface area (Å²) in [4.78, 5) is 14.4. The Hall–Kier alpha value is -3.96. The van der Waals surface area contributed by atoms with Crippen molar-refractivity contribution < 1.29 is 14.6 Å². The second-order valence-corrected chi connectivity index (χ2v) is 9.07. The molecule has 0 saturated heterocycles. The van der Waals surface area contributed by atoms with E-state index in [-0.39, 0.29) is 5.56 Å². The summed E-state index contributed by atoms with van der Waals surface area (Å²) in [5.74, 6) is 0.567. The number of carbonyl (C=O) groups is 1. The monoisotopic (exact) mass is 498 g/mol. The van der Waals surface area contributed by atoms with Crippen LogP contribution in [0.3, 0.4) is 0 Å². The zero-order valence-electron chi connectivity index (χ0n) is 20.2. The van der Waals surface area contributed by atoms with Gasteiger partial charge in [0.1, 0.15) is 11.5 Å². The summed E-state index contributed by atoms with van der Waals surface area (Å²) in [5.41, 5.74) is 6.64. The third-order valence-electron chi connectivity index (χ3n) is 6.59. The largest absolute Gasteiger partial charge is 0.478 e. The second-order valence-electron chi connectivity index (χ2n) is 8.67. The highest BCUT2D eigenvalue weighted by atomic mass is 35.5. The first-order chi connectivity index (χ1) is 17.5. The van der Waals surface area contributed by atoms with Crippen LogP contribution in [-0.4, -0.2) is 24.2 Å². The maximum atomic E-state index is 12.1. The lowest BCUT2D eigenvalue weighted by Crippen LogP contribution is -2.23. The minimum atomic E-state index is -0.943. The molecule has 4 aromatic carbocycles. The fourth-order valence-electron chi connectivity index (χ4n) is 4.80. The number of anilines is 3. The quantitative estimate of drug-likeness (QED) is 0.238. The van der Waals surface area contributed by atoms with E-state index in [1.54, 1.807) is 12.1 Å². The Morgan fingerprint density at radius 1 is 0.972 bits per heavy atom. The summed E-state index contributed by atoms with van der Waals surface area (Å²) in [5, 5.41) is 13.9. The summed E-state index contributed by atoms with van der Waals surface area (Å²) in [7, 11) is 0. The molecule has 36 heavy (non-hydrogen) atoms. The predicted molar refractivity (Wildman–Crippen MR) is 146 cm³/mol. The van der Waals surface area contributed by atoms with Gasteiger partial charge in [-0.05, 0) is 61.4 Å². The highest BCUT2D eigenvalue weighted by molar-refractivity contribution is 6.33. The molecule has 6 heteroatoms. The molecule has 0 saturated carbocycles. The van der Waals surface area contributed by atoms with Crippen molar-refractivity contribution in [3.8, 4) is 22.6 Å². The van der Waals surface area contributed by atoms with Crippen LogP contribution in [0.1, 0.15) is 35.3 Å². The van der Waals surface area contributed by atoms with E-state index < -0.39 is 5.97 Å². The van der Waals surface area contributed by atoms with Crippen molar-refractivity contribution in [3.05, 3.63) is 101 Å². The molecule has 182 valence electrons. The zero-order chi connectivity index (χ0) is 25.2. The normalized spacial score (nSPS) is 11.8. The maximum absolute atomic E-state index is 12.1. The van der Waals surface area contributed by atoms with Gasteiger partial charge < -0.3 is 20.1 Å². The maximum Gasteiger partial charge on any atom is 0.336 e. The molecular formula is C30H27ClN2O3. The lowest BCUT2D eigenvalue weighted by atomic mass is 9.88. The zero-order valence-corrected chi connectivity index (χ0v) is 21.0. The standard InChI is InChI=1S/C30H27ClN2O3/c1-3-33(4-2)26-15-16-27-23(29(26)21-9-5-6-10-22(21)30(34)35)17-19-13-14-20(18-28(19)36-27)32-25-12-8-7-11-24(25)31/h5-16,18,32H,3-4,17H2,1-2H3,(H,34,35). The number of halogens is 1. The number of hydrogen-bond donors (Lipinski definition) is 2.